The van der Waals surface area contributed by atoms with Crippen molar-refractivity contribution in [2.24, 2.45) is 0 Å². The van der Waals surface area contributed by atoms with Crippen LogP contribution in [0.15, 0.2) is 72.8 Å². The summed E-state index contributed by atoms with van der Waals surface area (Å²) in [6, 6.07) is 25.9. The lowest BCUT2D eigenvalue weighted by atomic mass is 10.0. The molecule has 4 aromatic carbocycles. The van der Waals surface area contributed by atoms with Crippen LogP contribution >= 0.6 is 0 Å². The molecule has 0 aliphatic heterocycles. The zero-order valence-corrected chi connectivity index (χ0v) is 24.6. The fourth-order valence-electron chi connectivity index (χ4n) is 5.18. The van der Waals surface area contributed by atoms with Crippen LogP contribution in [0.2, 0.25) is 0 Å². The minimum absolute atomic E-state index is 0.784. The van der Waals surface area contributed by atoms with E-state index in [1.54, 1.807) is 0 Å². The van der Waals surface area contributed by atoms with Gasteiger partial charge in [0, 0.05) is 23.9 Å². The van der Waals surface area contributed by atoms with Gasteiger partial charge in [-0.05, 0) is 72.8 Å². The lowest BCUT2D eigenvalue weighted by molar-refractivity contribution is 0.313. The van der Waals surface area contributed by atoms with E-state index in [0.717, 1.165) is 76.6 Å². The maximum absolute atomic E-state index is 6.05. The van der Waals surface area contributed by atoms with Crippen molar-refractivity contribution in [3.8, 4) is 11.5 Å². The summed E-state index contributed by atoms with van der Waals surface area (Å²) in [5.41, 5.74) is 2.69. The van der Waals surface area contributed by atoms with E-state index in [2.05, 4.69) is 97.3 Å². The Labute approximate surface area is 241 Å². The predicted octanol–water partition coefficient (Wildman–Crippen LogP) is 8.79. The van der Waals surface area contributed by atoms with Gasteiger partial charge in [0.25, 0.3) is 0 Å². The molecule has 4 rings (SSSR count). The Balaban J connectivity index is 1.13. The molecule has 0 amide bonds. The minimum Gasteiger partial charge on any atom is -0.493 e. The summed E-state index contributed by atoms with van der Waals surface area (Å²) < 4.78 is 12.1. The molecule has 40 heavy (non-hydrogen) atoms. The van der Waals surface area contributed by atoms with Crippen LogP contribution in [0.25, 0.3) is 21.5 Å². The molecule has 0 radical (unpaired) electrons. The Kier molecular flexibility index (Phi) is 12.6. The first-order valence-corrected chi connectivity index (χ1v) is 15.5. The fourth-order valence-corrected chi connectivity index (χ4v) is 5.18. The van der Waals surface area contributed by atoms with E-state index in [0.29, 0.717) is 0 Å². The molecule has 0 aromatic heterocycles. The second-order valence-corrected chi connectivity index (χ2v) is 10.7. The Bertz CT molecular complexity index is 1200. The molecule has 0 atom stereocenters. The zero-order chi connectivity index (χ0) is 27.8. The van der Waals surface area contributed by atoms with E-state index in [4.69, 9.17) is 9.47 Å². The first kappa shape index (κ1) is 29.9. The molecule has 4 nitrogen and oxygen atoms in total. The summed E-state index contributed by atoms with van der Waals surface area (Å²) in [5.74, 6) is 2.01. The van der Waals surface area contributed by atoms with Crippen molar-refractivity contribution in [1.29, 1.82) is 0 Å². The molecule has 0 unspecified atom stereocenters. The lowest BCUT2D eigenvalue weighted by Gasteiger charge is -2.13. The Hall–Kier alpha value is -3.08. The highest BCUT2D eigenvalue weighted by Crippen LogP contribution is 2.30. The Morgan fingerprint density at radius 2 is 0.900 bits per heavy atom. The van der Waals surface area contributed by atoms with Crippen molar-refractivity contribution in [2.75, 3.05) is 26.3 Å². The average Bonchev–Trinajstić information content (AvgIpc) is 2.99. The quantitative estimate of drug-likeness (QED) is 0.117. The van der Waals surface area contributed by atoms with Crippen molar-refractivity contribution in [2.45, 2.75) is 78.3 Å². The molecule has 0 saturated carbocycles. The van der Waals surface area contributed by atoms with Gasteiger partial charge in [-0.1, -0.05) is 100 Å². The molecular weight excluding hydrogens is 492 g/mol. The summed E-state index contributed by atoms with van der Waals surface area (Å²) in [5, 5.41) is 12.3. The Morgan fingerprint density at radius 3 is 1.32 bits per heavy atom. The summed E-state index contributed by atoms with van der Waals surface area (Å²) in [6.07, 6.45) is 9.41. The van der Waals surface area contributed by atoms with Gasteiger partial charge < -0.3 is 20.1 Å². The maximum atomic E-state index is 6.05. The van der Waals surface area contributed by atoms with Gasteiger partial charge in [0.2, 0.25) is 0 Å². The van der Waals surface area contributed by atoms with E-state index in [1.807, 2.05) is 0 Å². The van der Waals surface area contributed by atoms with Crippen LogP contribution in [0, 0.1) is 0 Å². The molecule has 0 bridgehead atoms. The van der Waals surface area contributed by atoms with Crippen LogP contribution in [0.4, 0.5) is 0 Å². The molecule has 0 spiro atoms. The minimum atomic E-state index is 0.784. The third kappa shape index (κ3) is 8.71. The van der Waals surface area contributed by atoms with Gasteiger partial charge in [-0.15, -0.1) is 0 Å². The lowest BCUT2D eigenvalue weighted by Crippen LogP contribution is -2.16. The van der Waals surface area contributed by atoms with Crippen LogP contribution in [0.5, 0.6) is 11.5 Å². The van der Waals surface area contributed by atoms with Crippen molar-refractivity contribution in [3.05, 3.63) is 83.9 Å². The molecule has 0 aliphatic carbocycles. The summed E-state index contributed by atoms with van der Waals surface area (Å²) >= 11 is 0. The molecule has 0 saturated heterocycles. The monoisotopic (exact) mass is 540 g/mol. The van der Waals surface area contributed by atoms with Gasteiger partial charge >= 0.3 is 0 Å². The molecule has 0 aliphatic rings. The molecule has 0 fully saturated rings. The van der Waals surface area contributed by atoms with Crippen LogP contribution in [0.1, 0.15) is 76.3 Å². The summed E-state index contributed by atoms with van der Waals surface area (Å²) in [7, 11) is 0. The normalized spacial score (nSPS) is 11.3. The van der Waals surface area contributed by atoms with Gasteiger partial charge in [0.1, 0.15) is 11.5 Å². The summed E-state index contributed by atoms with van der Waals surface area (Å²) in [6.45, 7) is 9.85. The van der Waals surface area contributed by atoms with Crippen LogP contribution < -0.4 is 20.1 Å². The SMILES string of the molecule is CCCCOc1ccc(CNCCCCCCNCc2ccc(OCCCC)c3ccccc23)c2ccccc12. The van der Waals surface area contributed by atoms with E-state index in [9.17, 15) is 0 Å². The largest absolute Gasteiger partial charge is 0.493 e. The van der Waals surface area contributed by atoms with E-state index in [-0.39, 0.29) is 0 Å². The van der Waals surface area contributed by atoms with Crippen molar-refractivity contribution >= 4 is 21.5 Å². The average molecular weight is 541 g/mol. The standard InChI is InChI=1S/C36H48N2O2/c1-3-5-25-39-35-21-19-29(31-15-9-11-17-33(31)35)27-37-23-13-7-8-14-24-38-28-30-20-22-36(40-26-6-4-2)34-18-12-10-16-32(30)34/h9-12,15-22,37-38H,3-8,13-14,23-28H2,1-2H3. The van der Waals surface area contributed by atoms with Gasteiger partial charge in [-0.2, -0.15) is 0 Å². The fraction of sp³-hybridized carbons (Fsp3) is 0.444. The predicted molar refractivity (Wildman–Crippen MR) is 171 cm³/mol. The van der Waals surface area contributed by atoms with Crippen molar-refractivity contribution in [3.63, 3.8) is 0 Å². The molecular formula is C36H48N2O2. The van der Waals surface area contributed by atoms with Crippen molar-refractivity contribution < 1.29 is 9.47 Å². The van der Waals surface area contributed by atoms with Crippen molar-refractivity contribution in [1.82, 2.24) is 10.6 Å². The van der Waals surface area contributed by atoms with Crippen LogP contribution in [-0.2, 0) is 13.1 Å². The van der Waals surface area contributed by atoms with Crippen LogP contribution in [-0.4, -0.2) is 26.3 Å². The Morgan fingerprint density at radius 1 is 0.475 bits per heavy atom. The number of unbranched alkanes of at least 4 members (excludes halogenated alkanes) is 5. The highest BCUT2D eigenvalue weighted by molar-refractivity contribution is 5.91. The number of benzene rings is 4. The number of fused-ring (bicyclic) bond motifs is 2. The zero-order valence-electron chi connectivity index (χ0n) is 24.6. The van der Waals surface area contributed by atoms with Gasteiger partial charge in [0.15, 0.2) is 0 Å². The molecule has 2 N–H and O–H groups in total. The number of rotatable bonds is 19. The third-order valence-corrected chi connectivity index (χ3v) is 7.55. The first-order chi connectivity index (χ1) is 19.8. The van der Waals surface area contributed by atoms with E-state index in [1.165, 1.54) is 58.4 Å². The highest BCUT2D eigenvalue weighted by Gasteiger charge is 2.08. The second kappa shape index (κ2) is 16.9. The molecule has 214 valence electrons. The summed E-state index contributed by atoms with van der Waals surface area (Å²) in [4.78, 5) is 0. The number of hydrogen-bond acceptors (Lipinski definition) is 4. The van der Waals surface area contributed by atoms with E-state index >= 15 is 0 Å². The highest BCUT2D eigenvalue weighted by atomic mass is 16.5. The van der Waals surface area contributed by atoms with E-state index < -0.39 is 0 Å². The number of ether oxygens (including phenoxy) is 2. The van der Waals surface area contributed by atoms with Gasteiger partial charge in [-0.3, -0.25) is 0 Å². The van der Waals surface area contributed by atoms with Gasteiger partial charge in [-0.25, -0.2) is 0 Å². The third-order valence-electron chi connectivity index (χ3n) is 7.55. The maximum Gasteiger partial charge on any atom is 0.127 e. The molecule has 4 heteroatoms. The second-order valence-electron chi connectivity index (χ2n) is 10.7. The number of hydrogen-bond donors (Lipinski definition) is 2. The van der Waals surface area contributed by atoms with Gasteiger partial charge in [0.05, 0.1) is 13.2 Å². The molecule has 0 heterocycles. The first-order valence-electron chi connectivity index (χ1n) is 15.5. The molecule has 4 aromatic rings. The number of nitrogens with one attached hydrogen (secondary N) is 2. The smallest absolute Gasteiger partial charge is 0.127 e. The van der Waals surface area contributed by atoms with Crippen LogP contribution in [0.3, 0.4) is 0 Å². The topological polar surface area (TPSA) is 42.5 Å².